The molecule has 24 heavy (non-hydrogen) atoms. The van der Waals surface area contributed by atoms with Crippen molar-refractivity contribution in [2.45, 2.75) is 0 Å². The minimum absolute atomic E-state index is 0.237. The molecule has 4 aromatic rings. The molecule has 3 aromatic heterocycles. The molecule has 4 rings (SSSR count). The number of fused-ring (bicyclic) bond motifs is 3. The van der Waals surface area contributed by atoms with E-state index in [0.29, 0.717) is 16.6 Å². The molecule has 0 bridgehead atoms. The van der Waals surface area contributed by atoms with Gasteiger partial charge in [-0.1, -0.05) is 30.3 Å². The molecule has 0 radical (unpaired) electrons. The third-order valence-corrected chi connectivity index (χ3v) is 4.89. The summed E-state index contributed by atoms with van der Waals surface area (Å²) in [5, 5.41) is 9.77. The van der Waals surface area contributed by atoms with Crippen molar-refractivity contribution < 1.29 is 4.79 Å². The van der Waals surface area contributed by atoms with Crippen LogP contribution in [0.2, 0.25) is 0 Å². The van der Waals surface area contributed by atoms with Gasteiger partial charge in [0.05, 0.1) is 22.0 Å². The van der Waals surface area contributed by atoms with Crippen LogP contribution in [0.1, 0.15) is 10.4 Å². The molecule has 0 spiro atoms. The van der Waals surface area contributed by atoms with Crippen LogP contribution in [0.25, 0.3) is 26.7 Å². The molecule has 1 aromatic carbocycles. The van der Waals surface area contributed by atoms with Gasteiger partial charge < -0.3 is 5.32 Å². The number of benzene rings is 1. The summed E-state index contributed by atoms with van der Waals surface area (Å²) in [6, 6.07) is 12.9. The summed E-state index contributed by atoms with van der Waals surface area (Å²) in [5.41, 5.74) is 1.97. The van der Waals surface area contributed by atoms with Crippen LogP contribution in [-0.2, 0) is 0 Å². The highest BCUT2D eigenvalue weighted by Gasteiger charge is 2.18. The number of hydrogen-bond acceptors (Lipinski definition) is 4. The molecule has 5 nitrogen and oxygen atoms in total. The van der Waals surface area contributed by atoms with Gasteiger partial charge in [0.15, 0.2) is 0 Å². The third kappa shape index (κ3) is 2.11. The fourth-order valence-electron chi connectivity index (χ4n) is 2.80. The van der Waals surface area contributed by atoms with Gasteiger partial charge in [-0.25, -0.2) is 0 Å². The van der Waals surface area contributed by atoms with E-state index in [2.05, 4.69) is 10.4 Å². The molecule has 0 saturated carbocycles. The average Bonchev–Trinajstić information content (AvgIpc) is 3.11. The van der Waals surface area contributed by atoms with E-state index in [1.54, 1.807) is 19.3 Å². The quantitative estimate of drug-likeness (QED) is 0.612. The zero-order valence-corrected chi connectivity index (χ0v) is 13.6. The number of nitrogens with zero attached hydrogens (tertiary/aromatic N) is 2. The highest BCUT2D eigenvalue weighted by molar-refractivity contribution is 7.18. The predicted octanol–water partition coefficient (Wildman–Crippen LogP) is 2.94. The standard InChI is InChI=1S/C18H13N3O2S/c1-19-17(22)14-9-13(11-5-3-2-4-6-11)18(23)21-15(14)16-12(10-20-21)7-8-24-16/h2-10H,1H3,(H,19,22). The zero-order chi connectivity index (χ0) is 16.7. The van der Waals surface area contributed by atoms with Crippen LogP contribution in [0.4, 0.5) is 0 Å². The summed E-state index contributed by atoms with van der Waals surface area (Å²) >= 11 is 1.49. The van der Waals surface area contributed by atoms with E-state index in [-0.39, 0.29) is 11.5 Å². The Morgan fingerprint density at radius 2 is 2.00 bits per heavy atom. The first-order valence-electron chi connectivity index (χ1n) is 7.40. The van der Waals surface area contributed by atoms with Crippen molar-refractivity contribution in [3.8, 4) is 11.1 Å². The first kappa shape index (κ1) is 14.6. The van der Waals surface area contributed by atoms with Crippen molar-refractivity contribution >= 4 is 32.8 Å². The highest BCUT2D eigenvalue weighted by Crippen LogP contribution is 2.28. The van der Waals surface area contributed by atoms with E-state index in [1.807, 2.05) is 41.8 Å². The van der Waals surface area contributed by atoms with E-state index in [9.17, 15) is 9.59 Å². The smallest absolute Gasteiger partial charge is 0.279 e. The van der Waals surface area contributed by atoms with Crippen molar-refractivity contribution in [2.24, 2.45) is 0 Å². The van der Waals surface area contributed by atoms with E-state index in [0.717, 1.165) is 15.6 Å². The molecule has 0 atom stereocenters. The second kappa shape index (κ2) is 5.58. The van der Waals surface area contributed by atoms with Crippen molar-refractivity contribution in [3.05, 3.63) is 70.0 Å². The Hall–Kier alpha value is -2.99. The summed E-state index contributed by atoms with van der Waals surface area (Å²) in [5.74, 6) is -0.243. The maximum Gasteiger partial charge on any atom is 0.279 e. The van der Waals surface area contributed by atoms with E-state index in [4.69, 9.17) is 0 Å². The van der Waals surface area contributed by atoms with Crippen molar-refractivity contribution in [3.63, 3.8) is 0 Å². The normalized spacial score (nSPS) is 11.0. The number of aromatic nitrogens is 2. The maximum atomic E-state index is 12.9. The van der Waals surface area contributed by atoms with Gasteiger partial charge >= 0.3 is 0 Å². The first-order chi connectivity index (χ1) is 11.7. The van der Waals surface area contributed by atoms with E-state index in [1.165, 1.54) is 15.9 Å². The number of nitrogens with one attached hydrogen (secondary N) is 1. The Morgan fingerprint density at radius 1 is 1.21 bits per heavy atom. The van der Waals surface area contributed by atoms with Gasteiger partial charge in [0.25, 0.3) is 11.5 Å². The average molecular weight is 335 g/mol. The topological polar surface area (TPSA) is 63.5 Å². The third-order valence-electron chi connectivity index (χ3n) is 3.96. The SMILES string of the molecule is CNC(=O)c1cc(-c2ccccc2)c(=O)n2ncc3ccsc3c12. The Bertz CT molecular complexity index is 1130. The highest BCUT2D eigenvalue weighted by atomic mass is 32.1. The number of thiophene rings is 1. The fourth-order valence-corrected chi connectivity index (χ4v) is 3.71. The predicted molar refractivity (Wildman–Crippen MR) is 95.7 cm³/mol. The van der Waals surface area contributed by atoms with Gasteiger partial charge in [0.2, 0.25) is 0 Å². The molecule has 0 fully saturated rings. The molecule has 118 valence electrons. The largest absolute Gasteiger partial charge is 0.355 e. The Balaban J connectivity index is 2.19. The number of carbonyl (C=O) groups excluding carboxylic acids is 1. The molecule has 1 amide bonds. The number of pyridine rings is 1. The van der Waals surface area contributed by atoms with Crippen molar-refractivity contribution in [1.82, 2.24) is 14.9 Å². The molecule has 0 aliphatic heterocycles. The Labute approximate surface area is 141 Å². The second-order valence-corrected chi connectivity index (χ2v) is 6.25. The lowest BCUT2D eigenvalue weighted by atomic mass is 10.0. The molecular weight excluding hydrogens is 322 g/mol. The van der Waals surface area contributed by atoms with Gasteiger partial charge in [0.1, 0.15) is 0 Å². The molecule has 0 unspecified atom stereocenters. The number of hydrogen-bond donors (Lipinski definition) is 1. The molecule has 0 aliphatic rings. The summed E-state index contributed by atoms with van der Waals surface area (Å²) in [4.78, 5) is 25.4. The monoisotopic (exact) mass is 335 g/mol. The van der Waals surface area contributed by atoms with Gasteiger partial charge in [0, 0.05) is 18.0 Å². The molecule has 6 heteroatoms. The number of amides is 1. The molecule has 1 N–H and O–H groups in total. The summed E-state index contributed by atoms with van der Waals surface area (Å²) in [6.45, 7) is 0. The zero-order valence-electron chi connectivity index (χ0n) is 12.8. The van der Waals surface area contributed by atoms with E-state index < -0.39 is 0 Å². The lowest BCUT2D eigenvalue weighted by molar-refractivity contribution is 0.0964. The number of rotatable bonds is 2. The minimum Gasteiger partial charge on any atom is -0.355 e. The lowest BCUT2D eigenvalue weighted by Crippen LogP contribution is -2.25. The molecular formula is C18H13N3O2S. The lowest BCUT2D eigenvalue weighted by Gasteiger charge is -2.10. The minimum atomic E-state index is -0.243. The Morgan fingerprint density at radius 3 is 2.75 bits per heavy atom. The summed E-state index contributed by atoms with van der Waals surface area (Å²) in [6.07, 6.45) is 1.66. The molecule has 0 aliphatic carbocycles. The van der Waals surface area contributed by atoms with Crippen LogP contribution in [0, 0.1) is 0 Å². The first-order valence-corrected chi connectivity index (χ1v) is 8.28. The van der Waals surface area contributed by atoms with Crippen LogP contribution in [0.5, 0.6) is 0 Å². The second-order valence-electron chi connectivity index (χ2n) is 5.33. The summed E-state index contributed by atoms with van der Waals surface area (Å²) < 4.78 is 2.20. The number of carbonyl (C=O) groups is 1. The van der Waals surface area contributed by atoms with Gasteiger partial charge in [-0.3, -0.25) is 9.59 Å². The van der Waals surface area contributed by atoms with Crippen molar-refractivity contribution in [1.29, 1.82) is 0 Å². The van der Waals surface area contributed by atoms with Crippen LogP contribution in [-0.4, -0.2) is 22.6 Å². The van der Waals surface area contributed by atoms with Gasteiger partial charge in [-0.2, -0.15) is 9.61 Å². The molecule has 3 heterocycles. The van der Waals surface area contributed by atoms with E-state index >= 15 is 0 Å². The van der Waals surface area contributed by atoms with Crippen LogP contribution >= 0.6 is 11.3 Å². The summed E-state index contributed by atoms with van der Waals surface area (Å²) in [7, 11) is 1.58. The molecule has 0 saturated heterocycles. The van der Waals surface area contributed by atoms with Crippen LogP contribution in [0.15, 0.2) is 58.8 Å². The maximum absolute atomic E-state index is 12.9. The fraction of sp³-hybridized carbons (Fsp3) is 0.0556. The van der Waals surface area contributed by atoms with Crippen LogP contribution < -0.4 is 10.9 Å². The van der Waals surface area contributed by atoms with Gasteiger partial charge in [-0.15, -0.1) is 11.3 Å². The Kier molecular flexibility index (Phi) is 3.39. The van der Waals surface area contributed by atoms with Crippen molar-refractivity contribution in [2.75, 3.05) is 7.05 Å². The van der Waals surface area contributed by atoms with Crippen LogP contribution in [0.3, 0.4) is 0 Å². The van der Waals surface area contributed by atoms with Gasteiger partial charge in [-0.05, 0) is 23.1 Å².